The number of nitrogens with zero attached hydrogens (tertiary/aromatic N) is 3. The van der Waals surface area contributed by atoms with Crippen LogP contribution in [-0.2, 0) is 11.8 Å². The van der Waals surface area contributed by atoms with Crippen molar-refractivity contribution in [2.45, 2.75) is 17.3 Å². The zero-order chi connectivity index (χ0) is 18.8. The lowest BCUT2D eigenvalue weighted by Gasteiger charge is -2.13. The molecule has 1 unspecified atom stereocenters. The molecule has 8 nitrogen and oxygen atoms in total. The van der Waals surface area contributed by atoms with Crippen molar-refractivity contribution in [1.29, 1.82) is 0 Å². The lowest BCUT2D eigenvalue weighted by atomic mass is 10.2. The molecule has 26 heavy (non-hydrogen) atoms. The average molecular weight is 390 g/mol. The molecule has 0 saturated carbocycles. The lowest BCUT2D eigenvalue weighted by Crippen LogP contribution is -2.25. The zero-order valence-electron chi connectivity index (χ0n) is 13.8. The Labute approximate surface area is 156 Å². The van der Waals surface area contributed by atoms with Gasteiger partial charge in [0.1, 0.15) is 4.70 Å². The van der Waals surface area contributed by atoms with Gasteiger partial charge in [-0.1, -0.05) is 17.8 Å². The summed E-state index contributed by atoms with van der Waals surface area (Å²) < 4.78 is 1.99. The number of non-ortho nitro benzene ring substituents is 1. The predicted octanol–water partition coefficient (Wildman–Crippen LogP) is 3.02. The Morgan fingerprint density at radius 3 is 2.92 bits per heavy atom. The molecule has 0 saturated heterocycles. The van der Waals surface area contributed by atoms with Gasteiger partial charge in [-0.25, -0.2) is 4.98 Å². The maximum Gasteiger partial charge on any atom is 0.271 e. The van der Waals surface area contributed by atoms with Crippen LogP contribution >= 0.6 is 23.1 Å². The minimum Gasteiger partial charge on any atom is -0.325 e. The molecule has 3 rings (SSSR count). The second kappa shape index (κ2) is 7.26. The van der Waals surface area contributed by atoms with Crippen molar-refractivity contribution in [2.24, 2.45) is 7.05 Å². The minimum absolute atomic E-state index is 0.102. The van der Waals surface area contributed by atoms with E-state index in [4.69, 9.17) is 0 Å². The quantitative estimate of drug-likeness (QED) is 0.311. The number of nitro benzene ring substituents is 1. The summed E-state index contributed by atoms with van der Waals surface area (Å²) in [5.41, 5.74) is 0.688. The molecule has 0 aliphatic heterocycles. The van der Waals surface area contributed by atoms with Crippen LogP contribution in [0.5, 0.6) is 0 Å². The van der Waals surface area contributed by atoms with Crippen molar-refractivity contribution < 1.29 is 9.72 Å². The van der Waals surface area contributed by atoms with Crippen LogP contribution in [-0.4, -0.2) is 25.6 Å². The predicted molar refractivity (Wildman–Crippen MR) is 102 cm³/mol. The molecule has 134 valence electrons. The Bertz CT molecular complexity index is 1060. The third kappa shape index (κ3) is 3.60. The lowest BCUT2D eigenvalue weighted by molar-refractivity contribution is -0.384. The Balaban J connectivity index is 1.77. The summed E-state index contributed by atoms with van der Waals surface area (Å²) in [6.45, 7) is 1.68. The van der Waals surface area contributed by atoms with E-state index in [1.54, 1.807) is 31.5 Å². The molecule has 0 aliphatic rings. The Hall–Kier alpha value is -2.72. The van der Waals surface area contributed by atoms with Gasteiger partial charge < -0.3 is 5.32 Å². The largest absolute Gasteiger partial charge is 0.325 e. The highest BCUT2D eigenvalue weighted by molar-refractivity contribution is 8.00. The number of amides is 1. The van der Waals surface area contributed by atoms with Gasteiger partial charge in [0.15, 0.2) is 5.16 Å². The summed E-state index contributed by atoms with van der Waals surface area (Å²) in [7, 11) is 1.61. The number of nitrogens with one attached hydrogen (secondary N) is 1. The number of nitro groups is 1. The van der Waals surface area contributed by atoms with Crippen LogP contribution in [0.25, 0.3) is 10.2 Å². The fourth-order valence-electron chi connectivity index (χ4n) is 2.23. The van der Waals surface area contributed by atoms with Gasteiger partial charge >= 0.3 is 0 Å². The van der Waals surface area contributed by atoms with Gasteiger partial charge in [0.25, 0.3) is 11.2 Å². The first-order valence-electron chi connectivity index (χ1n) is 7.53. The molecule has 3 aromatic rings. The number of fused-ring (bicyclic) bond motifs is 1. The molecule has 1 atom stereocenters. The number of benzene rings is 1. The van der Waals surface area contributed by atoms with Crippen LogP contribution < -0.4 is 10.9 Å². The van der Waals surface area contributed by atoms with E-state index in [-0.39, 0.29) is 17.2 Å². The fraction of sp³-hybridized carbons (Fsp3) is 0.188. The molecule has 2 aromatic heterocycles. The molecule has 2 heterocycles. The number of anilines is 1. The fourth-order valence-corrected chi connectivity index (χ4v) is 3.91. The van der Waals surface area contributed by atoms with Gasteiger partial charge in [-0.05, 0) is 24.4 Å². The van der Waals surface area contributed by atoms with E-state index in [0.29, 0.717) is 21.1 Å². The summed E-state index contributed by atoms with van der Waals surface area (Å²) in [4.78, 5) is 39.4. The summed E-state index contributed by atoms with van der Waals surface area (Å²) in [6, 6.07) is 7.48. The highest BCUT2D eigenvalue weighted by Crippen LogP contribution is 2.25. The first kappa shape index (κ1) is 18.1. The second-order valence-corrected chi connectivity index (χ2v) is 7.67. The Morgan fingerprint density at radius 2 is 2.19 bits per heavy atom. The van der Waals surface area contributed by atoms with Gasteiger partial charge in [0.05, 0.1) is 15.7 Å². The molecule has 10 heteroatoms. The molecule has 0 aliphatic carbocycles. The molecular formula is C16H14N4O4S2. The van der Waals surface area contributed by atoms with Crippen LogP contribution in [0.4, 0.5) is 11.4 Å². The Morgan fingerprint density at radius 1 is 1.42 bits per heavy atom. The van der Waals surface area contributed by atoms with Gasteiger partial charge in [-0.2, -0.15) is 0 Å². The van der Waals surface area contributed by atoms with E-state index in [9.17, 15) is 19.7 Å². The number of thioether (sulfide) groups is 1. The van der Waals surface area contributed by atoms with Crippen molar-refractivity contribution in [3.05, 3.63) is 56.2 Å². The number of hydrogen-bond donors (Lipinski definition) is 1. The SMILES string of the molecule is CC(Sc1nc2ccsc2c(=O)n1C)C(=O)Nc1cccc([N+](=O)[O-])c1. The molecule has 1 N–H and O–H groups in total. The summed E-state index contributed by atoms with van der Waals surface area (Å²) in [6.07, 6.45) is 0. The topological polar surface area (TPSA) is 107 Å². The van der Waals surface area contributed by atoms with Gasteiger partial charge in [-0.15, -0.1) is 11.3 Å². The van der Waals surface area contributed by atoms with Crippen LogP contribution in [0, 0.1) is 10.1 Å². The zero-order valence-corrected chi connectivity index (χ0v) is 15.5. The normalized spacial score (nSPS) is 12.1. The monoisotopic (exact) mass is 390 g/mol. The van der Waals surface area contributed by atoms with Crippen molar-refractivity contribution in [3.63, 3.8) is 0 Å². The number of carbonyl (C=O) groups excluding carboxylic acids is 1. The molecule has 0 spiro atoms. The number of aromatic nitrogens is 2. The standard InChI is InChI=1S/C16H14N4O4S2/c1-9(14(21)17-10-4-3-5-11(8-10)20(23)24)26-16-18-12-6-7-25-13(12)15(22)19(16)2/h3-9H,1-2H3,(H,17,21). The van der Waals surface area contributed by atoms with Crippen molar-refractivity contribution in [1.82, 2.24) is 9.55 Å². The van der Waals surface area contributed by atoms with Gasteiger partial charge in [-0.3, -0.25) is 24.3 Å². The van der Waals surface area contributed by atoms with Crippen molar-refractivity contribution in [2.75, 3.05) is 5.32 Å². The minimum atomic E-state index is -0.552. The smallest absolute Gasteiger partial charge is 0.271 e. The van der Waals surface area contributed by atoms with Gasteiger partial charge in [0, 0.05) is 24.9 Å². The second-order valence-electron chi connectivity index (χ2n) is 5.45. The number of rotatable bonds is 5. The number of hydrogen-bond acceptors (Lipinski definition) is 7. The summed E-state index contributed by atoms with van der Waals surface area (Å²) >= 11 is 2.48. The third-order valence-corrected chi connectivity index (χ3v) is 5.66. The highest BCUT2D eigenvalue weighted by atomic mass is 32.2. The van der Waals surface area contributed by atoms with Crippen molar-refractivity contribution >= 4 is 50.6 Å². The molecule has 1 aromatic carbocycles. The molecular weight excluding hydrogens is 376 g/mol. The van der Waals surface area contributed by atoms with Crippen LogP contribution in [0.3, 0.4) is 0 Å². The average Bonchev–Trinajstić information content (AvgIpc) is 3.08. The maximum atomic E-state index is 12.4. The Kier molecular flexibility index (Phi) is 5.05. The highest BCUT2D eigenvalue weighted by Gasteiger charge is 2.19. The van der Waals surface area contributed by atoms with E-state index < -0.39 is 10.2 Å². The molecule has 0 fully saturated rings. The van der Waals surface area contributed by atoms with E-state index in [2.05, 4.69) is 10.3 Å². The molecule has 0 bridgehead atoms. The van der Waals surface area contributed by atoms with Gasteiger partial charge in [0.2, 0.25) is 5.91 Å². The maximum absolute atomic E-state index is 12.4. The van der Waals surface area contributed by atoms with E-state index >= 15 is 0 Å². The third-order valence-electron chi connectivity index (χ3n) is 3.62. The number of thiophene rings is 1. The van der Waals surface area contributed by atoms with Crippen LogP contribution in [0.15, 0.2) is 45.7 Å². The first-order valence-corrected chi connectivity index (χ1v) is 9.29. The van der Waals surface area contributed by atoms with Crippen molar-refractivity contribution in [3.8, 4) is 0 Å². The van der Waals surface area contributed by atoms with E-state index in [1.807, 2.05) is 0 Å². The molecule has 0 radical (unpaired) electrons. The molecule has 1 amide bonds. The first-order chi connectivity index (χ1) is 12.4. The van der Waals surface area contributed by atoms with E-state index in [1.165, 1.54) is 34.1 Å². The van der Waals surface area contributed by atoms with Crippen LogP contribution in [0.2, 0.25) is 0 Å². The summed E-state index contributed by atoms with van der Waals surface area (Å²) in [5, 5.41) is 15.1. The van der Waals surface area contributed by atoms with Crippen LogP contribution in [0.1, 0.15) is 6.92 Å². The summed E-state index contributed by atoms with van der Waals surface area (Å²) in [5.74, 6) is -0.338. The number of carbonyl (C=O) groups is 1. The van der Waals surface area contributed by atoms with E-state index in [0.717, 1.165) is 11.8 Å².